The third kappa shape index (κ3) is 3.66. The van der Waals surface area contributed by atoms with Crippen LogP contribution in [0.15, 0.2) is 23.8 Å². The average Bonchev–Trinajstić information content (AvgIpc) is 3.06. The van der Waals surface area contributed by atoms with Gasteiger partial charge in [0, 0.05) is 0 Å². The molecule has 0 radical (unpaired) electrons. The van der Waals surface area contributed by atoms with Crippen LogP contribution in [0.1, 0.15) is 105 Å². The molecule has 3 saturated carbocycles. The van der Waals surface area contributed by atoms with E-state index < -0.39 is 0 Å². The van der Waals surface area contributed by atoms with E-state index in [0.717, 1.165) is 48.3 Å². The lowest BCUT2D eigenvalue weighted by molar-refractivity contribution is -0.0574. The molecule has 0 saturated heterocycles. The Morgan fingerprint density at radius 3 is 2.60 bits per heavy atom. The standard InChI is InChI=1S/C29H48O/c1-7-21(19(2)3)9-8-20(4)25-12-13-26-24-11-10-22-18-23(30)14-16-28(22,5)27(24)15-17-29(25,26)6/h10,20-21,23-27,30H,2,7-9,11-18H2,1,3-6H3/t20-,21+,23+,24-,25-,26+,27+,28+,29-/m1/s1. The first-order valence-electron chi connectivity index (χ1n) is 13.2. The van der Waals surface area contributed by atoms with Crippen molar-refractivity contribution < 1.29 is 5.11 Å². The van der Waals surface area contributed by atoms with Gasteiger partial charge in [-0.05, 0) is 124 Å². The molecular weight excluding hydrogens is 364 g/mol. The first kappa shape index (κ1) is 22.6. The minimum atomic E-state index is -0.0856. The van der Waals surface area contributed by atoms with E-state index in [1.807, 2.05) is 0 Å². The molecule has 0 heterocycles. The number of hydrogen-bond acceptors (Lipinski definition) is 1. The molecule has 3 fully saturated rings. The molecule has 0 amide bonds. The van der Waals surface area contributed by atoms with Gasteiger partial charge in [-0.2, -0.15) is 0 Å². The van der Waals surface area contributed by atoms with Crippen LogP contribution in [0, 0.1) is 46.3 Å². The minimum Gasteiger partial charge on any atom is -0.393 e. The molecule has 4 aliphatic carbocycles. The fourth-order valence-corrected chi connectivity index (χ4v) is 9.08. The lowest BCUT2D eigenvalue weighted by atomic mass is 9.47. The van der Waals surface area contributed by atoms with Crippen molar-refractivity contribution in [3.8, 4) is 0 Å². The second-order valence-electron chi connectivity index (χ2n) is 12.4. The van der Waals surface area contributed by atoms with E-state index in [1.54, 1.807) is 5.57 Å². The summed E-state index contributed by atoms with van der Waals surface area (Å²) >= 11 is 0. The van der Waals surface area contributed by atoms with Gasteiger partial charge in [0.25, 0.3) is 0 Å². The fraction of sp³-hybridized carbons (Fsp3) is 0.862. The molecule has 1 nitrogen and oxygen atoms in total. The van der Waals surface area contributed by atoms with Gasteiger partial charge in [-0.3, -0.25) is 0 Å². The monoisotopic (exact) mass is 412 g/mol. The summed E-state index contributed by atoms with van der Waals surface area (Å²) in [5, 5.41) is 10.2. The summed E-state index contributed by atoms with van der Waals surface area (Å²) in [6, 6.07) is 0. The number of fused-ring (bicyclic) bond motifs is 5. The fourth-order valence-electron chi connectivity index (χ4n) is 9.08. The van der Waals surface area contributed by atoms with Gasteiger partial charge in [0.1, 0.15) is 0 Å². The number of hydrogen-bond donors (Lipinski definition) is 1. The first-order valence-corrected chi connectivity index (χ1v) is 13.2. The highest BCUT2D eigenvalue weighted by Crippen LogP contribution is 2.67. The molecule has 0 aromatic heterocycles. The molecule has 0 bridgehead atoms. The zero-order valence-electron chi connectivity index (χ0n) is 20.6. The summed E-state index contributed by atoms with van der Waals surface area (Å²) in [7, 11) is 0. The highest BCUT2D eigenvalue weighted by Gasteiger charge is 2.59. The van der Waals surface area contributed by atoms with Gasteiger partial charge in [-0.15, -0.1) is 0 Å². The predicted octanol–water partition coefficient (Wildman–Crippen LogP) is 7.94. The third-order valence-electron chi connectivity index (χ3n) is 11.0. The van der Waals surface area contributed by atoms with Crippen molar-refractivity contribution in [1.82, 2.24) is 0 Å². The van der Waals surface area contributed by atoms with Gasteiger partial charge in [0.2, 0.25) is 0 Å². The lowest BCUT2D eigenvalue weighted by Gasteiger charge is -2.58. The van der Waals surface area contributed by atoms with Crippen LogP contribution in [-0.2, 0) is 0 Å². The van der Waals surface area contributed by atoms with Crippen LogP contribution >= 0.6 is 0 Å². The Morgan fingerprint density at radius 1 is 1.13 bits per heavy atom. The Balaban J connectivity index is 1.48. The van der Waals surface area contributed by atoms with Gasteiger partial charge in [-0.25, -0.2) is 0 Å². The topological polar surface area (TPSA) is 20.2 Å². The number of rotatable bonds is 6. The van der Waals surface area contributed by atoms with Gasteiger partial charge in [-0.1, -0.05) is 51.5 Å². The summed E-state index contributed by atoms with van der Waals surface area (Å²) in [5.41, 5.74) is 3.93. The van der Waals surface area contributed by atoms with Crippen molar-refractivity contribution in [3.63, 3.8) is 0 Å². The zero-order chi connectivity index (χ0) is 21.7. The molecule has 1 heteroatoms. The van der Waals surface area contributed by atoms with E-state index >= 15 is 0 Å². The molecule has 0 spiro atoms. The quantitative estimate of drug-likeness (QED) is 0.439. The Labute approximate surface area is 186 Å². The smallest absolute Gasteiger partial charge is 0.0577 e. The van der Waals surface area contributed by atoms with Crippen LogP contribution in [0.4, 0.5) is 0 Å². The molecule has 1 N–H and O–H groups in total. The molecule has 0 unspecified atom stereocenters. The van der Waals surface area contributed by atoms with Crippen molar-refractivity contribution in [2.75, 3.05) is 0 Å². The molecular formula is C29H48O. The molecule has 30 heavy (non-hydrogen) atoms. The lowest BCUT2D eigenvalue weighted by Crippen LogP contribution is -2.50. The van der Waals surface area contributed by atoms with Crippen molar-refractivity contribution in [3.05, 3.63) is 23.8 Å². The maximum Gasteiger partial charge on any atom is 0.0577 e. The zero-order valence-corrected chi connectivity index (χ0v) is 20.6. The van der Waals surface area contributed by atoms with E-state index in [0.29, 0.717) is 10.8 Å². The predicted molar refractivity (Wildman–Crippen MR) is 128 cm³/mol. The van der Waals surface area contributed by atoms with Crippen LogP contribution in [0.5, 0.6) is 0 Å². The van der Waals surface area contributed by atoms with E-state index in [1.165, 1.54) is 63.4 Å². The van der Waals surface area contributed by atoms with Gasteiger partial charge >= 0.3 is 0 Å². The van der Waals surface area contributed by atoms with Crippen molar-refractivity contribution in [2.24, 2.45) is 46.3 Å². The summed E-state index contributed by atoms with van der Waals surface area (Å²) in [6.45, 7) is 16.6. The first-order chi connectivity index (χ1) is 14.2. The Bertz CT molecular complexity index is 676. The van der Waals surface area contributed by atoms with Gasteiger partial charge in [0.15, 0.2) is 0 Å². The van der Waals surface area contributed by atoms with Crippen molar-refractivity contribution in [2.45, 2.75) is 111 Å². The molecule has 0 aromatic rings. The minimum absolute atomic E-state index is 0.0856. The Morgan fingerprint density at radius 2 is 1.90 bits per heavy atom. The second kappa shape index (κ2) is 8.42. The molecule has 4 rings (SSSR count). The van der Waals surface area contributed by atoms with Crippen LogP contribution in [-0.4, -0.2) is 11.2 Å². The average molecular weight is 413 g/mol. The SMILES string of the molecule is C=C(C)[C@@H](CC)CC[C@@H](C)[C@H]1CC[C@H]2[C@H]3CC=C4C[C@@H](O)CC[C@]4(C)[C@H]3CC[C@]12C. The van der Waals surface area contributed by atoms with Gasteiger partial charge in [0.05, 0.1) is 6.10 Å². The van der Waals surface area contributed by atoms with E-state index in [4.69, 9.17) is 0 Å². The Hall–Kier alpha value is -0.560. The summed E-state index contributed by atoms with van der Waals surface area (Å²) < 4.78 is 0. The van der Waals surface area contributed by atoms with Crippen molar-refractivity contribution >= 4 is 0 Å². The van der Waals surface area contributed by atoms with E-state index in [-0.39, 0.29) is 6.10 Å². The highest BCUT2D eigenvalue weighted by atomic mass is 16.3. The molecule has 0 aromatic carbocycles. The summed E-state index contributed by atoms with van der Waals surface area (Å²) in [6.07, 6.45) is 16.7. The van der Waals surface area contributed by atoms with Crippen LogP contribution in [0.3, 0.4) is 0 Å². The number of aliphatic hydroxyl groups is 1. The third-order valence-corrected chi connectivity index (χ3v) is 11.0. The maximum absolute atomic E-state index is 10.2. The van der Waals surface area contributed by atoms with Crippen LogP contribution in [0.2, 0.25) is 0 Å². The Kier molecular flexibility index (Phi) is 6.35. The molecule has 170 valence electrons. The van der Waals surface area contributed by atoms with Crippen molar-refractivity contribution in [1.29, 1.82) is 0 Å². The highest BCUT2D eigenvalue weighted by molar-refractivity contribution is 5.25. The maximum atomic E-state index is 10.2. The van der Waals surface area contributed by atoms with Crippen LogP contribution in [0.25, 0.3) is 0 Å². The summed E-state index contributed by atoms with van der Waals surface area (Å²) in [4.78, 5) is 0. The summed E-state index contributed by atoms with van der Waals surface area (Å²) in [5.74, 6) is 5.16. The normalized spacial score (nSPS) is 45.0. The number of allylic oxidation sites excluding steroid dienone is 2. The largest absolute Gasteiger partial charge is 0.393 e. The van der Waals surface area contributed by atoms with Crippen LogP contribution < -0.4 is 0 Å². The second-order valence-corrected chi connectivity index (χ2v) is 12.4. The van der Waals surface area contributed by atoms with Gasteiger partial charge < -0.3 is 5.11 Å². The van der Waals surface area contributed by atoms with E-state index in [9.17, 15) is 5.11 Å². The molecule has 4 aliphatic rings. The van der Waals surface area contributed by atoms with E-state index in [2.05, 4.69) is 47.3 Å². The molecule has 9 atom stereocenters. The number of aliphatic hydroxyl groups excluding tert-OH is 1. The molecule has 0 aliphatic heterocycles.